The monoisotopic (exact) mass is 213 g/mol. The van der Waals surface area contributed by atoms with Gasteiger partial charge in [-0.05, 0) is 20.3 Å². The van der Waals surface area contributed by atoms with Gasteiger partial charge in [0.1, 0.15) is 0 Å². The van der Waals surface area contributed by atoms with Crippen LogP contribution in [0.5, 0.6) is 0 Å². The maximum atomic E-state index is 10.9. The van der Waals surface area contributed by atoms with Crippen molar-refractivity contribution in [3.63, 3.8) is 0 Å². The molecule has 0 rings (SSSR count). The van der Waals surface area contributed by atoms with Gasteiger partial charge in [0.05, 0.1) is 7.11 Å². The SMILES string of the molecule is CCCCCN(C=CC(=O)OC)C(C)C. The minimum Gasteiger partial charge on any atom is -0.466 e. The molecule has 0 radical (unpaired) electrons. The van der Waals surface area contributed by atoms with E-state index in [1.807, 2.05) is 6.20 Å². The summed E-state index contributed by atoms with van der Waals surface area (Å²) in [6.07, 6.45) is 6.92. The van der Waals surface area contributed by atoms with Gasteiger partial charge in [-0.2, -0.15) is 0 Å². The van der Waals surface area contributed by atoms with E-state index in [4.69, 9.17) is 0 Å². The molecule has 0 heterocycles. The first-order valence-electron chi connectivity index (χ1n) is 5.63. The minimum atomic E-state index is -0.295. The second kappa shape index (κ2) is 8.33. The number of hydrogen-bond donors (Lipinski definition) is 0. The number of esters is 1. The Morgan fingerprint density at radius 3 is 2.53 bits per heavy atom. The van der Waals surface area contributed by atoms with E-state index in [1.54, 1.807) is 0 Å². The van der Waals surface area contributed by atoms with Crippen molar-refractivity contribution in [2.24, 2.45) is 0 Å². The predicted octanol–water partition coefficient (Wildman–Crippen LogP) is 2.57. The zero-order chi connectivity index (χ0) is 11.7. The van der Waals surface area contributed by atoms with Crippen LogP contribution in [0.4, 0.5) is 0 Å². The highest BCUT2D eigenvalue weighted by atomic mass is 16.5. The number of unbranched alkanes of at least 4 members (excludes halogenated alkanes) is 2. The molecule has 0 saturated carbocycles. The highest BCUT2D eigenvalue weighted by Gasteiger charge is 2.04. The molecule has 0 spiro atoms. The van der Waals surface area contributed by atoms with E-state index < -0.39 is 0 Å². The van der Waals surface area contributed by atoms with Crippen LogP contribution >= 0.6 is 0 Å². The van der Waals surface area contributed by atoms with E-state index in [0.29, 0.717) is 6.04 Å². The van der Waals surface area contributed by atoms with Crippen LogP contribution in [0.2, 0.25) is 0 Å². The minimum absolute atomic E-state index is 0.295. The molecule has 0 fully saturated rings. The highest BCUT2D eigenvalue weighted by Crippen LogP contribution is 2.04. The summed E-state index contributed by atoms with van der Waals surface area (Å²) in [6.45, 7) is 7.42. The number of hydrogen-bond acceptors (Lipinski definition) is 3. The van der Waals surface area contributed by atoms with E-state index >= 15 is 0 Å². The number of carbonyl (C=O) groups is 1. The van der Waals surface area contributed by atoms with Gasteiger partial charge in [-0.25, -0.2) is 4.79 Å². The van der Waals surface area contributed by atoms with Gasteiger partial charge < -0.3 is 9.64 Å². The number of carbonyl (C=O) groups excluding carboxylic acids is 1. The number of rotatable bonds is 7. The van der Waals surface area contributed by atoms with Gasteiger partial charge in [0, 0.05) is 24.9 Å². The molecule has 88 valence electrons. The molecule has 0 aliphatic heterocycles. The molecule has 0 aromatic rings. The molecule has 0 aromatic heterocycles. The highest BCUT2D eigenvalue weighted by molar-refractivity contribution is 5.81. The zero-order valence-electron chi connectivity index (χ0n) is 10.3. The Kier molecular flexibility index (Phi) is 7.78. The van der Waals surface area contributed by atoms with E-state index in [9.17, 15) is 4.79 Å². The number of nitrogens with zero attached hydrogens (tertiary/aromatic N) is 1. The van der Waals surface area contributed by atoms with Crippen LogP contribution in [0.15, 0.2) is 12.3 Å². The number of ether oxygens (including phenoxy) is 1. The normalized spacial score (nSPS) is 11.0. The summed E-state index contributed by atoms with van der Waals surface area (Å²) >= 11 is 0. The van der Waals surface area contributed by atoms with Crippen molar-refractivity contribution in [2.45, 2.75) is 46.1 Å². The molecule has 3 heteroatoms. The van der Waals surface area contributed by atoms with E-state index in [-0.39, 0.29) is 5.97 Å². The van der Waals surface area contributed by atoms with Crippen molar-refractivity contribution >= 4 is 5.97 Å². The lowest BCUT2D eigenvalue weighted by Crippen LogP contribution is -2.26. The molecule has 0 N–H and O–H groups in total. The summed E-state index contributed by atoms with van der Waals surface area (Å²) in [5.74, 6) is -0.295. The molecule has 0 aliphatic carbocycles. The third-order valence-corrected chi connectivity index (χ3v) is 2.29. The first kappa shape index (κ1) is 14.0. The van der Waals surface area contributed by atoms with Gasteiger partial charge >= 0.3 is 5.97 Å². The molecule has 0 unspecified atom stereocenters. The molecule has 0 aliphatic rings. The summed E-state index contributed by atoms with van der Waals surface area (Å²) in [5.41, 5.74) is 0. The largest absolute Gasteiger partial charge is 0.466 e. The summed E-state index contributed by atoms with van der Waals surface area (Å²) < 4.78 is 4.55. The second-order valence-electron chi connectivity index (χ2n) is 3.88. The van der Waals surface area contributed by atoms with Crippen LogP contribution in [-0.2, 0) is 9.53 Å². The summed E-state index contributed by atoms with van der Waals surface area (Å²) in [5, 5.41) is 0. The van der Waals surface area contributed by atoms with Gasteiger partial charge in [-0.3, -0.25) is 0 Å². The van der Waals surface area contributed by atoms with Gasteiger partial charge in [0.25, 0.3) is 0 Å². The average Bonchev–Trinajstić information content (AvgIpc) is 2.22. The number of methoxy groups -OCH3 is 1. The Hall–Kier alpha value is -0.990. The van der Waals surface area contributed by atoms with Gasteiger partial charge in [-0.1, -0.05) is 19.8 Å². The van der Waals surface area contributed by atoms with E-state index in [2.05, 4.69) is 30.4 Å². The summed E-state index contributed by atoms with van der Waals surface area (Å²) in [7, 11) is 1.39. The quantitative estimate of drug-likeness (QED) is 0.370. The van der Waals surface area contributed by atoms with Crippen molar-refractivity contribution in [1.29, 1.82) is 0 Å². The summed E-state index contributed by atoms with van der Waals surface area (Å²) in [6, 6.07) is 0.419. The van der Waals surface area contributed by atoms with Crippen LogP contribution in [0.1, 0.15) is 40.0 Å². The molecular formula is C12H23NO2. The first-order valence-corrected chi connectivity index (χ1v) is 5.63. The lowest BCUT2D eigenvalue weighted by molar-refractivity contribution is -0.134. The van der Waals surface area contributed by atoms with Crippen LogP contribution in [0, 0.1) is 0 Å². The molecule has 0 atom stereocenters. The second-order valence-corrected chi connectivity index (χ2v) is 3.88. The zero-order valence-corrected chi connectivity index (χ0v) is 10.3. The van der Waals surface area contributed by atoms with Crippen molar-refractivity contribution in [3.8, 4) is 0 Å². The van der Waals surface area contributed by atoms with Gasteiger partial charge in [0.2, 0.25) is 0 Å². The van der Waals surface area contributed by atoms with Crippen molar-refractivity contribution in [1.82, 2.24) is 4.90 Å². The predicted molar refractivity (Wildman–Crippen MR) is 62.5 cm³/mol. The smallest absolute Gasteiger partial charge is 0.331 e. The standard InChI is InChI=1S/C12H23NO2/c1-5-6-7-9-13(11(2)3)10-8-12(14)15-4/h8,10-11H,5-7,9H2,1-4H3. The van der Waals surface area contributed by atoms with Crippen molar-refractivity contribution < 1.29 is 9.53 Å². The lowest BCUT2D eigenvalue weighted by Gasteiger charge is -2.24. The van der Waals surface area contributed by atoms with Gasteiger partial charge in [0.15, 0.2) is 0 Å². The first-order chi connectivity index (χ1) is 7.11. The van der Waals surface area contributed by atoms with Crippen LogP contribution < -0.4 is 0 Å². The maximum absolute atomic E-state index is 10.9. The van der Waals surface area contributed by atoms with E-state index in [1.165, 1.54) is 32.4 Å². The fraction of sp³-hybridized carbons (Fsp3) is 0.750. The Balaban J connectivity index is 4.04. The molecule has 0 aromatic carbocycles. The molecule has 0 bridgehead atoms. The molecule has 15 heavy (non-hydrogen) atoms. The topological polar surface area (TPSA) is 29.5 Å². The Labute approximate surface area is 93.1 Å². The third-order valence-electron chi connectivity index (χ3n) is 2.29. The lowest BCUT2D eigenvalue weighted by atomic mass is 10.2. The fourth-order valence-electron chi connectivity index (χ4n) is 1.27. The molecular weight excluding hydrogens is 190 g/mol. The van der Waals surface area contributed by atoms with Crippen LogP contribution in [0.25, 0.3) is 0 Å². The van der Waals surface area contributed by atoms with Crippen LogP contribution in [0.3, 0.4) is 0 Å². The maximum Gasteiger partial charge on any atom is 0.331 e. The Morgan fingerprint density at radius 2 is 2.07 bits per heavy atom. The van der Waals surface area contributed by atoms with E-state index in [0.717, 1.165) is 6.54 Å². The van der Waals surface area contributed by atoms with Crippen LogP contribution in [-0.4, -0.2) is 30.6 Å². The fourth-order valence-corrected chi connectivity index (χ4v) is 1.27. The molecule has 0 saturated heterocycles. The molecule has 0 amide bonds. The average molecular weight is 213 g/mol. The Bertz CT molecular complexity index is 200. The molecule has 3 nitrogen and oxygen atoms in total. The Morgan fingerprint density at radius 1 is 1.40 bits per heavy atom. The van der Waals surface area contributed by atoms with Crippen molar-refractivity contribution in [2.75, 3.05) is 13.7 Å². The summed E-state index contributed by atoms with van der Waals surface area (Å²) in [4.78, 5) is 13.1. The van der Waals surface area contributed by atoms with Crippen molar-refractivity contribution in [3.05, 3.63) is 12.3 Å². The van der Waals surface area contributed by atoms with Gasteiger partial charge in [-0.15, -0.1) is 0 Å². The third kappa shape index (κ3) is 7.00.